The summed E-state index contributed by atoms with van der Waals surface area (Å²) in [7, 11) is 2.62. The molecule has 6 heteroatoms. The topological polar surface area (TPSA) is 64.3 Å². The van der Waals surface area contributed by atoms with Gasteiger partial charge in [-0.3, -0.25) is 5.32 Å². The van der Waals surface area contributed by atoms with Crippen molar-refractivity contribution in [3.05, 3.63) is 58.0 Å². The number of aromatic nitrogens is 1. The molecule has 1 fully saturated rings. The molecule has 2 heterocycles. The number of benzene rings is 1. The first kappa shape index (κ1) is 16.2. The van der Waals surface area contributed by atoms with Crippen LogP contribution in [0.15, 0.2) is 30.5 Å². The van der Waals surface area contributed by atoms with Gasteiger partial charge in [0.1, 0.15) is 5.82 Å². The maximum Gasteiger partial charge on any atom is 0.218 e. The number of methoxy groups -OCH3 is 1. The van der Waals surface area contributed by atoms with Crippen LogP contribution in [0.1, 0.15) is 29.2 Å². The molecule has 0 bridgehead atoms. The largest absolute Gasteiger partial charge is 0.481 e. The van der Waals surface area contributed by atoms with Crippen LogP contribution in [0.2, 0.25) is 5.02 Å². The van der Waals surface area contributed by atoms with E-state index in [4.69, 9.17) is 21.4 Å². The molecule has 1 aliphatic heterocycles. The fraction of sp³-hybridized carbons (Fsp3) is 0.353. The van der Waals surface area contributed by atoms with Crippen LogP contribution in [-0.4, -0.2) is 24.3 Å². The van der Waals surface area contributed by atoms with Crippen molar-refractivity contribution < 1.29 is 14.2 Å². The number of hydrogen-bond donors (Lipinski definition) is 2. The molecule has 2 aromatic rings. The molecule has 2 atom stereocenters. The van der Waals surface area contributed by atoms with Crippen molar-refractivity contribution in [1.29, 1.82) is 0 Å². The number of fused-ring (bicyclic) bond motifs is 3. The second-order valence-corrected chi connectivity index (χ2v) is 6.00. The van der Waals surface area contributed by atoms with Gasteiger partial charge in [0.2, 0.25) is 5.88 Å². The Balaban J connectivity index is 0.000000753. The summed E-state index contributed by atoms with van der Waals surface area (Å²) >= 11 is 5.85. The lowest BCUT2D eigenvalue weighted by Gasteiger charge is -2.23. The predicted molar refractivity (Wildman–Crippen MR) is 86.2 cm³/mol. The first-order chi connectivity index (χ1) is 11.2. The van der Waals surface area contributed by atoms with Crippen molar-refractivity contribution in [2.75, 3.05) is 14.2 Å². The fourth-order valence-corrected chi connectivity index (χ4v) is 3.64. The Hall–Kier alpha value is -1.69. The molecule has 122 valence electrons. The molecular weight excluding hydrogens is 319 g/mol. The molecule has 0 unspecified atom stereocenters. The van der Waals surface area contributed by atoms with Crippen molar-refractivity contribution in [1.82, 2.24) is 10.3 Å². The standard InChI is InChI=1S/C16H14ClFN2O.CH4O/c1-21-15-13-9(5-7-19-15)4-6-16(14(13)20-16)11-3-2-10(17)8-12(11)18;1-2/h2-3,5,7-8,14,20H,4,6H2,1H3;2H,1H3/t14-,16-;/m0./s1. The van der Waals surface area contributed by atoms with E-state index >= 15 is 0 Å². The zero-order valence-corrected chi connectivity index (χ0v) is 13.7. The number of aryl methyl sites for hydroxylation is 1. The number of ether oxygens (including phenoxy) is 1. The predicted octanol–water partition coefficient (Wildman–Crippen LogP) is 2.98. The highest BCUT2D eigenvalue weighted by molar-refractivity contribution is 6.30. The molecule has 23 heavy (non-hydrogen) atoms. The number of aliphatic hydroxyl groups is 1. The molecule has 1 aromatic carbocycles. The van der Waals surface area contributed by atoms with Crippen molar-refractivity contribution in [2.45, 2.75) is 24.4 Å². The van der Waals surface area contributed by atoms with Crippen LogP contribution in [0.25, 0.3) is 0 Å². The zero-order valence-electron chi connectivity index (χ0n) is 12.9. The van der Waals surface area contributed by atoms with E-state index in [1.165, 1.54) is 11.6 Å². The summed E-state index contributed by atoms with van der Waals surface area (Å²) in [5.41, 5.74) is 2.61. The number of hydrogen-bond acceptors (Lipinski definition) is 4. The second-order valence-electron chi connectivity index (χ2n) is 5.57. The number of rotatable bonds is 2. The summed E-state index contributed by atoms with van der Waals surface area (Å²) in [6.07, 6.45) is 3.49. The summed E-state index contributed by atoms with van der Waals surface area (Å²) in [4.78, 5) is 4.27. The van der Waals surface area contributed by atoms with Crippen LogP contribution in [0, 0.1) is 5.82 Å². The van der Waals surface area contributed by atoms with Crippen LogP contribution in [0.3, 0.4) is 0 Å². The first-order valence-electron chi connectivity index (χ1n) is 7.35. The molecule has 0 amide bonds. The van der Waals surface area contributed by atoms with Gasteiger partial charge in [-0.25, -0.2) is 9.37 Å². The Morgan fingerprint density at radius 1 is 1.39 bits per heavy atom. The van der Waals surface area contributed by atoms with Gasteiger partial charge in [-0.1, -0.05) is 17.7 Å². The van der Waals surface area contributed by atoms with Gasteiger partial charge < -0.3 is 9.84 Å². The number of nitrogens with one attached hydrogen (secondary N) is 1. The van der Waals surface area contributed by atoms with Crippen LogP contribution in [0.4, 0.5) is 4.39 Å². The van der Waals surface area contributed by atoms with E-state index in [-0.39, 0.29) is 17.4 Å². The minimum absolute atomic E-state index is 0.0561. The van der Waals surface area contributed by atoms with Gasteiger partial charge in [0.25, 0.3) is 0 Å². The SMILES string of the molecule is CO.COc1nccc2c1[C@@H]1N[C@]1(c1ccc(Cl)cc1F)CC2. The minimum Gasteiger partial charge on any atom is -0.481 e. The lowest BCUT2D eigenvalue weighted by atomic mass is 9.80. The fourth-order valence-electron chi connectivity index (χ4n) is 3.48. The van der Waals surface area contributed by atoms with Crippen molar-refractivity contribution in [3.8, 4) is 5.88 Å². The molecular formula is C17H18ClFN2O2. The lowest BCUT2D eigenvalue weighted by molar-refractivity contribution is 0.387. The molecule has 4 nitrogen and oxygen atoms in total. The van der Waals surface area contributed by atoms with E-state index in [9.17, 15) is 4.39 Å². The number of aliphatic hydroxyl groups excluding tert-OH is 1. The average Bonchev–Trinajstić information content (AvgIpc) is 3.32. The monoisotopic (exact) mass is 336 g/mol. The first-order valence-corrected chi connectivity index (χ1v) is 7.73. The third-order valence-corrected chi connectivity index (χ3v) is 4.77. The normalized spacial score (nSPS) is 24.0. The summed E-state index contributed by atoms with van der Waals surface area (Å²) in [6.45, 7) is 0. The Morgan fingerprint density at radius 2 is 2.17 bits per heavy atom. The summed E-state index contributed by atoms with van der Waals surface area (Å²) in [5.74, 6) is 0.366. The lowest BCUT2D eigenvalue weighted by Crippen LogP contribution is -2.20. The van der Waals surface area contributed by atoms with E-state index in [0.717, 1.165) is 25.5 Å². The number of pyridine rings is 1. The van der Waals surface area contributed by atoms with E-state index in [1.807, 2.05) is 6.07 Å². The van der Waals surface area contributed by atoms with Gasteiger partial charge in [-0.15, -0.1) is 0 Å². The number of halogens is 2. The molecule has 0 spiro atoms. The third kappa shape index (κ3) is 2.49. The molecule has 2 N–H and O–H groups in total. The Morgan fingerprint density at radius 3 is 2.87 bits per heavy atom. The maximum absolute atomic E-state index is 14.3. The van der Waals surface area contributed by atoms with E-state index in [1.54, 1.807) is 25.4 Å². The molecule has 1 aromatic heterocycles. The Labute approximate surface area is 139 Å². The Kier molecular flexibility index (Phi) is 4.27. The minimum atomic E-state index is -0.349. The van der Waals surface area contributed by atoms with Crippen LogP contribution < -0.4 is 10.1 Å². The van der Waals surface area contributed by atoms with Gasteiger partial charge in [0, 0.05) is 29.5 Å². The van der Waals surface area contributed by atoms with Crippen molar-refractivity contribution in [2.24, 2.45) is 0 Å². The Bertz CT molecular complexity index is 726. The van der Waals surface area contributed by atoms with Crippen molar-refractivity contribution >= 4 is 11.6 Å². The van der Waals surface area contributed by atoms with Gasteiger partial charge in [0.05, 0.1) is 18.7 Å². The number of nitrogens with zero attached hydrogens (tertiary/aromatic N) is 1. The van der Waals surface area contributed by atoms with Gasteiger partial charge in [0.15, 0.2) is 0 Å². The van der Waals surface area contributed by atoms with E-state index < -0.39 is 0 Å². The van der Waals surface area contributed by atoms with E-state index in [0.29, 0.717) is 16.5 Å². The smallest absolute Gasteiger partial charge is 0.218 e. The zero-order chi connectivity index (χ0) is 16.6. The summed E-state index contributed by atoms with van der Waals surface area (Å²) < 4.78 is 19.7. The highest BCUT2D eigenvalue weighted by Gasteiger charge is 2.60. The maximum atomic E-state index is 14.3. The third-order valence-electron chi connectivity index (χ3n) is 4.54. The quantitative estimate of drug-likeness (QED) is 0.828. The van der Waals surface area contributed by atoms with Crippen LogP contribution in [-0.2, 0) is 12.0 Å². The van der Waals surface area contributed by atoms with Crippen molar-refractivity contribution in [3.63, 3.8) is 0 Å². The highest BCUT2D eigenvalue weighted by Crippen LogP contribution is 2.58. The molecule has 4 rings (SSSR count). The van der Waals surface area contributed by atoms with Gasteiger partial charge in [-0.2, -0.15) is 0 Å². The molecule has 2 aliphatic rings. The molecule has 0 radical (unpaired) electrons. The second kappa shape index (κ2) is 6.07. The summed E-state index contributed by atoms with van der Waals surface area (Å²) in [6, 6.07) is 6.96. The van der Waals surface area contributed by atoms with Gasteiger partial charge in [-0.05, 0) is 36.6 Å². The highest BCUT2D eigenvalue weighted by atomic mass is 35.5. The molecule has 0 saturated carbocycles. The van der Waals surface area contributed by atoms with E-state index in [2.05, 4.69) is 10.3 Å². The molecule has 1 saturated heterocycles. The van der Waals surface area contributed by atoms with Gasteiger partial charge >= 0.3 is 0 Å². The average molecular weight is 337 g/mol. The van der Waals surface area contributed by atoms with Crippen LogP contribution >= 0.6 is 11.6 Å². The summed E-state index contributed by atoms with van der Waals surface area (Å²) in [5, 5.41) is 10.9. The van der Waals surface area contributed by atoms with Crippen LogP contribution in [0.5, 0.6) is 5.88 Å². The molecule has 1 aliphatic carbocycles.